The molecule has 2 rings (SSSR count). The van der Waals surface area contributed by atoms with E-state index in [1.54, 1.807) is 36.2 Å². The summed E-state index contributed by atoms with van der Waals surface area (Å²) in [4.78, 5) is 14.1. The van der Waals surface area contributed by atoms with Crippen LogP contribution in [0.1, 0.15) is 11.1 Å². The first-order valence-corrected chi connectivity index (χ1v) is 6.82. The average molecular weight is 300 g/mol. The molecule has 0 aromatic heterocycles. The minimum absolute atomic E-state index is 0.0382. The number of hydrogen-bond acceptors (Lipinski definition) is 3. The Hall–Kier alpha value is -2.40. The highest BCUT2D eigenvalue weighted by Crippen LogP contribution is 2.18. The van der Waals surface area contributed by atoms with Crippen molar-refractivity contribution in [1.82, 2.24) is 0 Å². The number of thiocarbonyl (C=S) groups is 1. The second-order valence-corrected chi connectivity index (χ2v) is 5.15. The summed E-state index contributed by atoms with van der Waals surface area (Å²) in [5, 5.41) is 9.26. The molecule has 21 heavy (non-hydrogen) atoms. The second kappa shape index (κ2) is 6.37. The van der Waals surface area contributed by atoms with E-state index in [-0.39, 0.29) is 18.1 Å². The maximum absolute atomic E-state index is 12.2. The van der Waals surface area contributed by atoms with E-state index in [1.165, 1.54) is 0 Å². The Balaban J connectivity index is 2.06. The molecule has 0 heterocycles. The maximum atomic E-state index is 12.2. The third kappa shape index (κ3) is 3.79. The van der Waals surface area contributed by atoms with Crippen molar-refractivity contribution in [3.63, 3.8) is 0 Å². The van der Waals surface area contributed by atoms with Gasteiger partial charge in [-0.05, 0) is 29.8 Å². The lowest BCUT2D eigenvalue weighted by Crippen LogP contribution is -2.27. The first-order valence-electron chi connectivity index (χ1n) is 6.41. The molecule has 0 bridgehead atoms. The number of carbonyl (C=O) groups is 1. The van der Waals surface area contributed by atoms with Crippen LogP contribution in [0.4, 0.5) is 5.69 Å². The Morgan fingerprint density at radius 3 is 2.24 bits per heavy atom. The van der Waals surface area contributed by atoms with E-state index >= 15 is 0 Å². The molecule has 0 radical (unpaired) electrons. The highest BCUT2D eigenvalue weighted by atomic mass is 32.1. The van der Waals surface area contributed by atoms with E-state index < -0.39 is 0 Å². The van der Waals surface area contributed by atoms with Gasteiger partial charge in [-0.2, -0.15) is 0 Å². The quantitative estimate of drug-likeness (QED) is 0.850. The fraction of sp³-hybridized carbons (Fsp3) is 0.125. The summed E-state index contributed by atoms with van der Waals surface area (Å²) in [6.07, 6.45) is 0.287. The van der Waals surface area contributed by atoms with Crippen LogP contribution >= 0.6 is 12.2 Å². The molecule has 0 atom stereocenters. The fourth-order valence-electron chi connectivity index (χ4n) is 1.90. The lowest BCUT2D eigenvalue weighted by atomic mass is 10.1. The van der Waals surface area contributed by atoms with Crippen molar-refractivity contribution in [2.24, 2.45) is 5.73 Å². The molecule has 4 nitrogen and oxygen atoms in total. The van der Waals surface area contributed by atoms with Gasteiger partial charge in [0.05, 0.1) is 6.42 Å². The van der Waals surface area contributed by atoms with Gasteiger partial charge in [0, 0.05) is 18.3 Å². The van der Waals surface area contributed by atoms with Gasteiger partial charge in [0.1, 0.15) is 10.7 Å². The van der Waals surface area contributed by atoms with Gasteiger partial charge in [0.2, 0.25) is 5.91 Å². The van der Waals surface area contributed by atoms with Gasteiger partial charge in [0.25, 0.3) is 0 Å². The number of amides is 1. The van der Waals surface area contributed by atoms with Crippen molar-refractivity contribution in [1.29, 1.82) is 0 Å². The largest absolute Gasteiger partial charge is 0.508 e. The summed E-state index contributed by atoms with van der Waals surface area (Å²) in [6, 6.07) is 13.8. The highest BCUT2D eigenvalue weighted by molar-refractivity contribution is 7.80. The molecule has 2 aromatic rings. The summed E-state index contributed by atoms with van der Waals surface area (Å²) >= 11 is 4.89. The van der Waals surface area contributed by atoms with Crippen LogP contribution in [0.15, 0.2) is 48.5 Å². The van der Waals surface area contributed by atoms with E-state index in [4.69, 9.17) is 18.0 Å². The lowest BCUT2D eigenvalue weighted by Gasteiger charge is -2.17. The van der Waals surface area contributed by atoms with Gasteiger partial charge in [-0.15, -0.1) is 0 Å². The van der Waals surface area contributed by atoms with Crippen molar-refractivity contribution < 1.29 is 9.90 Å². The van der Waals surface area contributed by atoms with Crippen molar-refractivity contribution in [2.45, 2.75) is 6.42 Å². The molecule has 2 aromatic carbocycles. The number of rotatable bonds is 4. The summed E-state index contributed by atoms with van der Waals surface area (Å²) in [5.74, 6) is 0.136. The number of anilines is 1. The highest BCUT2D eigenvalue weighted by Gasteiger charge is 2.11. The Morgan fingerprint density at radius 1 is 1.14 bits per heavy atom. The Morgan fingerprint density at radius 2 is 1.71 bits per heavy atom. The number of phenolic OH excluding ortho intramolecular Hbond substituents is 1. The second-order valence-electron chi connectivity index (χ2n) is 4.71. The number of hydrogen-bond donors (Lipinski definition) is 2. The van der Waals surface area contributed by atoms with E-state index in [2.05, 4.69) is 0 Å². The zero-order chi connectivity index (χ0) is 15.4. The van der Waals surface area contributed by atoms with E-state index in [1.807, 2.05) is 24.3 Å². The molecule has 0 saturated heterocycles. The molecular weight excluding hydrogens is 284 g/mol. The van der Waals surface area contributed by atoms with Gasteiger partial charge < -0.3 is 15.7 Å². The molecular formula is C16H16N2O2S. The van der Waals surface area contributed by atoms with Crippen molar-refractivity contribution in [2.75, 3.05) is 11.9 Å². The SMILES string of the molecule is CN(C(=O)Cc1ccc(C(N)=S)cc1)c1ccc(O)cc1. The molecule has 0 aliphatic rings. The number of likely N-dealkylation sites (N-methyl/N-ethyl adjacent to an activating group) is 1. The van der Waals surface area contributed by atoms with Crippen LogP contribution in [0, 0.1) is 0 Å². The predicted molar refractivity (Wildman–Crippen MR) is 87.6 cm³/mol. The molecule has 0 spiro atoms. The molecule has 5 heteroatoms. The molecule has 0 fully saturated rings. The third-order valence-corrected chi connectivity index (χ3v) is 3.44. The number of nitrogens with two attached hydrogens (primary N) is 1. The van der Waals surface area contributed by atoms with Crippen LogP contribution in [0.5, 0.6) is 5.75 Å². The summed E-state index contributed by atoms with van der Waals surface area (Å²) < 4.78 is 0. The molecule has 1 amide bonds. The average Bonchev–Trinajstić information content (AvgIpc) is 2.47. The van der Waals surface area contributed by atoms with Gasteiger partial charge in [-0.3, -0.25) is 4.79 Å². The van der Waals surface area contributed by atoms with Crippen LogP contribution < -0.4 is 10.6 Å². The third-order valence-electron chi connectivity index (χ3n) is 3.20. The van der Waals surface area contributed by atoms with Crippen molar-refractivity contribution >= 4 is 28.8 Å². The van der Waals surface area contributed by atoms with Crippen molar-refractivity contribution in [3.8, 4) is 5.75 Å². The Labute approximate surface area is 128 Å². The number of benzene rings is 2. The van der Waals surface area contributed by atoms with Crippen molar-refractivity contribution in [3.05, 3.63) is 59.7 Å². The number of phenols is 1. The monoisotopic (exact) mass is 300 g/mol. The maximum Gasteiger partial charge on any atom is 0.231 e. The Kier molecular flexibility index (Phi) is 4.55. The van der Waals surface area contributed by atoms with Crippen LogP contribution in [0.25, 0.3) is 0 Å². The molecule has 0 aliphatic carbocycles. The normalized spacial score (nSPS) is 10.1. The number of carbonyl (C=O) groups excluding carboxylic acids is 1. The molecule has 0 aliphatic heterocycles. The standard InChI is InChI=1S/C16H16N2O2S/c1-18(13-6-8-14(19)9-7-13)15(20)10-11-2-4-12(5-3-11)16(17)21/h2-9,19H,10H2,1H3,(H2,17,21). The summed E-state index contributed by atoms with van der Waals surface area (Å²) in [6.45, 7) is 0. The topological polar surface area (TPSA) is 66.6 Å². The summed E-state index contributed by atoms with van der Waals surface area (Å²) in [7, 11) is 1.71. The lowest BCUT2D eigenvalue weighted by molar-refractivity contribution is -0.117. The van der Waals surface area contributed by atoms with Gasteiger partial charge in [-0.25, -0.2) is 0 Å². The smallest absolute Gasteiger partial charge is 0.231 e. The zero-order valence-corrected chi connectivity index (χ0v) is 12.4. The predicted octanol–water partition coefficient (Wildman–Crippen LogP) is 2.23. The molecule has 0 saturated carbocycles. The van der Waals surface area contributed by atoms with Gasteiger partial charge in [-0.1, -0.05) is 36.5 Å². The first-order chi connectivity index (χ1) is 9.97. The van der Waals surface area contributed by atoms with E-state index in [0.717, 1.165) is 16.8 Å². The zero-order valence-electron chi connectivity index (χ0n) is 11.6. The number of nitrogens with zero attached hydrogens (tertiary/aromatic N) is 1. The minimum Gasteiger partial charge on any atom is -0.508 e. The van der Waals surface area contributed by atoms with E-state index in [9.17, 15) is 9.90 Å². The molecule has 3 N–H and O–H groups in total. The minimum atomic E-state index is -0.0382. The number of aromatic hydroxyl groups is 1. The van der Waals surface area contributed by atoms with Crippen LogP contribution in [-0.4, -0.2) is 23.0 Å². The van der Waals surface area contributed by atoms with Crippen LogP contribution in [0.2, 0.25) is 0 Å². The summed E-state index contributed by atoms with van der Waals surface area (Å²) in [5.41, 5.74) is 7.95. The fourth-order valence-corrected chi connectivity index (χ4v) is 2.04. The molecule has 108 valence electrons. The Bertz CT molecular complexity index is 651. The molecule has 0 unspecified atom stereocenters. The van der Waals surface area contributed by atoms with Crippen LogP contribution in [0.3, 0.4) is 0 Å². The van der Waals surface area contributed by atoms with Crippen LogP contribution in [-0.2, 0) is 11.2 Å². The van der Waals surface area contributed by atoms with Gasteiger partial charge >= 0.3 is 0 Å². The van der Waals surface area contributed by atoms with Gasteiger partial charge in [0.15, 0.2) is 0 Å². The first kappa shape index (κ1) is 15.0. The van der Waals surface area contributed by atoms with E-state index in [0.29, 0.717) is 4.99 Å².